The summed E-state index contributed by atoms with van der Waals surface area (Å²) in [7, 11) is 0. The first-order chi connectivity index (χ1) is 21.5. The number of ether oxygens (including phenoxy) is 3. The SMILES string of the molecule is CC(C)Oc1ncccc1[C@H]1[C@@H](OCc2cc3cc(C4CCC4)ccc3o2)[C@H](C(C)(C)C)[C@@H](C(=O)O)N1C(=O)[C@@H]1CCCCO1. The van der Waals surface area contributed by atoms with Crippen molar-refractivity contribution >= 4 is 22.8 Å². The number of hydrogen-bond acceptors (Lipinski definition) is 7. The van der Waals surface area contributed by atoms with Crippen molar-refractivity contribution in [2.24, 2.45) is 11.3 Å². The summed E-state index contributed by atoms with van der Waals surface area (Å²) in [6, 6.07) is 10.1. The molecule has 1 saturated carbocycles. The van der Waals surface area contributed by atoms with Gasteiger partial charge in [0.15, 0.2) is 0 Å². The second-order valence-corrected chi connectivity index (χ2v) is 14.2. The molecule has 9 heteroatoms. The van der Waals surface area contributed by atoms with Gasteiger partial charge >= 0.3 is 5.97 Å². The van der Waals surface area contributed by atoms with Crippen LogP contribution in [0, 0.1) is 11.3 Å². The fourth-order valence-electron chi connectivity index (χ4n) is 7.33. The number of likely N-dealkylation sites (tertiary alicyclic amines) is 1. The van der Waals surface area contributed by atoms with Gasteiger partial charge in [-0.05, 0) is 93.2 Å². The predicted octanol–water partition coefficient (Wildman–Crippen LogP) is 7.04. The fourth-order valence-corrected chi connectivity index (χ4v) is 7.33. The summed E-state index contributed by atoms with van der Waals surface area (Å²) in [5, 5.41) is 11.8. The van der Waals surface area contributed by atoms with Crippen LogP contribution >= 0.6 is 0 Å². The van der Waals surface area contributed by atoms with Crippen LogP contribution in [0.1, 0.15) is 102 Å². The van der Waals surface area contributed by atoms with Crippen LogP contribution in [0.25, 0.3) is 11.0 Å². The second kappa shape index (κ2) is 12.8. The number of rotatable bonds is 9. The molecule has 4 heterocycles. The van der Waals surface area contributed by atoms with Crippen molar-refractivity contribution in [1.29, 1.82) is 0 Å². The van der Waals surface area contributed by atoms with Gasteiger partial charge in [0.1, 0.15) is 30.1 Å². The van der Waals surface area contributed by atoms with Crippen LogP contribution in [0.3, 0.4) is 0 Å². The monoisotopic (exact) mass is 618 g/mol. The zero-order chi connectivity index (χ0) is 31.9. The minimum Gasteiger partial charge on any atom is -0.480 e. The van der Waals surface area contributed by atoms with Crippen LogP contribution in [0.15, 0.2) is 47.0 Å². The van der Waals surface area contributed by atoms with Gasteiger partial charge in [-0.3, -0.25) is 4.79 Å². The molecule has 9 nitrogen and oxygen atoms in total. The number of furan rings is 1. The average Bonchev–Trinajstić information content (AvgIpc) is 3.54. The third-order valence-electron chi connectivity index (χ3n) is 9.62. The first kappa shape index (κ1) is 31.5. The molecule has 0 radical (unpaired) electrons. The maximum Gasteiger partial charge on any atom is 0.326 e. The van der Waals surface area contributed by atoms with Crippen LogP contribution < -0.4 is 4.74 Å². The maximum absolute atomic E-state index is 14.4. The summed E-state index contributed by atoms with van der Waals surface area (Å²) < 4.78 is 25.1. The van der Waals surface area contributed by atoms with E-state index in [1.54, 1.807) is 12.3 Å². The molecular weight excluding hydrogens is 572 g/mol. The van der Waals surface area contributed by atoms with Crippen LogP contribution in [-0.4, -0.2) is 57.8 Å². The largest absolute Gasteiger partial charge is 0.480 e. The number of amides is 1. The van der Waals surface area contributed by atoms with Crippen molar-refractivity contribution < 1.29 is 33.3 Å². The predicted molar refractivity (Wildman–Crippen MR) is 169 cm³/mol. The van der Waals surface area contributed by atoms with Crippen LogP contribution in [0.4, 0.5) is 0 Å². The number of carboxylic acid groups (broad SMARTS) is 1. The highest BCUT2D eigenvalue weighted by molar-refractivity contribution is 5.88. The van der Waals surface area contributed by atoms with Crippen molar-refractivity contribution in [2.75, 3.05) is 6.61 Å². The quantitative estimate of drug-likeness (QED) is 0.272. The molecule has 0 spiro atoms. The molecule has 45 heavy (non-hydrogen) atoms. The van der Waals surface area contributed by atoms with E-state index < -0.39 is 41.6 Å². The molecule has 1 amide bonds. The molecule has 242 valence electrons. The Morgan fingerprint density at radius 2 is 1.89 bits per heavy atom. The number of benzene rings is 1. The number of nitrogens with zero attached hydrogens (tertiary/aromatic N) is 2. The van der Waals surface area contributed by atoms with Gasteiger partial charge in [0.05, 0.1) is 18.2 Å². The van der Waals surface area contributed by atoms with Crippen LogP contribution in [0.2, 0.25) is 0 Å². The molecule has 5 atom stereocenters. The van der Waals surface area contributed by atoms with Crippen molar-refractivity contribution in [3.05, 3.63) is 59.5 Å². The molecular formula is C36H46N2O7. The van der Waals surface area contributed by atoms with Gasteiger partial charge in [-0.15, -0.1) is 0 Å². The molecule has 3 aliphatic rings. The Kier molecular flexibility index (Phi) is 8.94. The molecule has 1 N–H and O–H groups in total. The summed E-state index contributed by atoms with van der Waals surface area (Å²) in [5.74, 6) is -0.341. The Bertz CT molecular complexity index is 1520. The van der Waals surface area contributed by atoms with Crippen LogP contribution in [-0.2, 0) is 25.7 Å². The van der Waals surface area contributed by atoms with Gasteiger partial charge < -0.3 is 28.6 Å². The lowest BCUT2D eigenvalue weighted by Crippen LogP contribution is -2.51. The van der Waals surface area contributed by atoms with E-state index in [0.717, 1.165) is 23.8 Å². The molecule has 2 aliphatic heterocycles. The number of carbonyl (C=O) groups excluding carboxylic acids is 1. The third kappa shape index (κ3) is 6.34. The zero-order valence-electron chi connectivity index (χ0n) is 27.0. The van der Waals surface area contributed by atoms with E-state index in [-0.39, 0.29) is 18.6 Å². The number of aliphatic carboxylic acids is 1. The summed E-state index contributed by atoms with van der Waals surface area (Å²) in [6.45, 7) is 10.4. The Labute approximate surface area is 265 Å². The van der Waals surface area contributed by atoms with E-state index in [0.29, 0.717) is 36.1 Å². The lowest BCUT2D eigenvalue weighted by atomic mass is 9.73. The normalized spacial score (nSPS) is 25.9. The van der Waals surface area contributed by atoms with Gasteiger partial charge in [0.25, 0.3) is 5.91 Å². The topological polar surface area (TPSA) is 111 Å². The first-order valence-electron chi connectivity index (χ1n) is 16.4. The number of carbonyl (C=O) groups is 2. The van der Waals surface area contributed by atoms with E-state index in [4.69, 9.17) is 18.6 Å². The second-order valence-electron chi connectivity index (χ2n) is 14.2. The molecule has 3 fully saturated rings. The number of hydrogen-bond donors (Lipinski definition) is 1. The average molecular weight is 619 g/mol. The number of fused-ring (bicyclic) bond motifs is 1. The van der Waals surface area contributed by atoms with E-state index >= 15 is 0 Å². The minimum absolute atomic E-state index is 0.121. The van der Waals surface area contributed by atoms with Gasteiger partial charge in [0, 0.05) is 29.7 Å². The molecule has 3 aromatic rings. The van der Waals surface area contributed by atoms with E-state index in [1.165, 1.54) is 29.7 Å². The summed E-state index contributed by atoms with van der Waals surface area (Å²) in [4.78, 5) is 33.6. The minimum atomic E-state index is -1.15. The standard InChI is InChI=1S/C36H46N2O7/c1-21(2)44-33-26(12-9-16-37-33)30-32(43-20-25-19-24-18-23(22-10-8-11-22)14-15-27(24)45-25)29(36(3,4)5)31(35(40)41)38(30)34(39)28-13-6-7-17-42-28/h9,12,14-16,18-19,21-22,28-32H,6-8,10-11,13,17,20H2,1-5H3,(H,40,41)/t28-,29+,30-,31-,32-/m0/s1. The van der Waals surface area contributed by atoms with Crippen LogP contribution in [0.5, 0.6) is 5.88 Å². The Hall–Kier alpha value is -3.43. The summed E-state index contributed by atoms with van der Waals surface area (Å²) in [6.07, 6.45) is 6.03. The lowest BCUT2D eigenvalue weighted by molar-refractivity contribution is -0.159. The van der Waals surface area contributed by atoms with Crippen molar-refractivity contribution in [3.8, 4) is 5.88 Å². The Balaban J connectivity index is 1.41. The smallest absolute Gasteiger partial charge is 0.326 e. The van der Waals surface area contributed by atoms with Crippen molar-refractivity contribution in [1.82, 2.24) is 9.88 Å². The van der Waals surface area contributed by atoms with Crippen molar-refractivity contribution in [2.45, 2.75) is 116 Å². The molecule has 2 aromatic heterocycles. The highest BCUT2D eigenvalue weighted by Gasteiger charge is 2.60. The summed E-state index contributed by atoms with van der Waals surface area (Å²) >= 11 is 0. The number of pyridine rings is 1. The number of aromatic nitrogens is 1. The Morgan fingerprint density at radius 1 is 1.09 bits per heavy atom. The lowest BCUT2D eigenvalue weighted by Gasteiger charge is -2.35. The molecule has 6 rings (SSSR count). The molecule has 1 aromatic carbocycles. The molecule has 1 aliphatic carbocycles. The number of carboxylic acids is 1. The fraction of sp³-hybridized carbons (Fsp3) is 0.583. The van der Waals surface area contributed by atoms with Gasteiger partial charge in [-0.1, -0.05) is 33.3 Å². The Morgan fingerprint density at radius 3 is 2.53 bits per heavy atom. The highest BCUT2D eigenvalue weighted by Crippen LogP contribution is 2.51. The highest BCUT2D eigenvalue weighted by atomic mass is 16.5. The van der Waals surface area contributed by atoms with Crippen molar-refractivity contribution in [3.63, 3.8) is 0 Å². The van der Waals surface area contributed by atoms with E-state index in [1.807, 2.05) is 52.8 Å². The van der Waals surface area contributed by atoms with Gasteiger partial charge in [-0.25, -0.2) is 9.78 Å². The maximum atomic E-state index is 14.4. The zero-order valence-corrected chi connectivity index (χ0v) is 27.0. The summed E-state index contributed by atoms with van der Waals surface area (Å²) in [5.41, 5.74) is 2.21. The third-order valence-corrected chi connectivity index (χ3v) is 9.62. The first-order valence-corrected chi connectivity index (χ1v) is 16.4. The van der Waals surface area contributed by atoms with Gasteiger partial charge in [-0.2, -0.15) is 0 Å². The molecule has 0 unspecified atom stereocenters. The van der Waals surface area contributed by atoms with E-state index in [2.05, 4.69) is 17.1 Å². The molecule has 0 bridgehead atoms. The van der Waals surface area contributed by atoms with E-state index in [9.17, 15) is 14.7 Å². The van der Waals surface area contributed by atoms with Gasteiger partial charge in [0.2, 0.25) is 5.88 Å². The molecule has 2 saturated heterocycles.